The van der Waals surface area contributed by atoms with Gasteiger partial charge in [-0.15, -0.1) is 0 Å². The van der Waals surface area contributed by atoms with Crippen LogP contribution < -0.4 is 19.2 Å². The maximum Gasteiger partial charge on any atom is 0.264 e. The number of fused-ring (bicyclic) bond motifs is 1. The molecule has 10 heteroatoms. The lowest BCUT2D eigenvalue weighted by molar-refractivity contribution is -0.119. The zero-order chi connectivity index (χ0) is 27.5. The number of benzene rings is 3. The summed E-state index contributed by atoms with van der Waals surface area (Å²) >= 11 is 0. The van der Waals surface area contributed by atoms with Crippen LogP contribution >= 0.6 is 0 Å². The summed E-state index contributed by atoms with van der Waals surface area (Å²) in [5.41, 5.74) is 5.10. The van der Waals surface area contributed by atoms with Crippen LogP contribution in [-0.2, 0) is 20.2 Å². The molecule has 3 aromatic rings. The van der Waals surface area contributed by atoms with E-state index in [2.05, 4.69) is 31.3 Å². The second kappa shape index (κ2) is 10.8. The molecule has 0 aliphatic carbocycles. The molecule has 0 bridgehead atoms. The SMILES string of the molecule is C/C(=N\NC(=O)CN(c1ccc(F)cc1)S(=O)(=O)c1ccc2c(c1)OCCO2)c1ccc(C(C)(C)C)cc1. The highest BCUT2D eigenvalue weighted by Crippen LogP contribution is 2.34. The molecule has 1 heterocycles. The number of hydrogen-bond acceptors (Lipinski definition) is 6. The number of anilines is 1. The average molecular weight is 540 g/mol. The third-order valence-electron chi connectivity index (χ3n) is 6.02. The molecule has 1 aliphatic heterocycles. The monoisotopic (exact) mass is 539 g/mol. The predicted octanol–water partition coefficient (Wildman–Crippen LogP) is 4.63. The first-order chi connectivity index (χ1) is 17.9. The van der Waals surface area contributed by atoms with Gasteiger partial charge in [-0.05, 0) is 59.9 Å². The first-order valence-corrected chi connectivity index (χ1v) is 13.5. The van der Waals surface area contributed by atoms with Crippen molar-refractivity contribution >= 4 is 27.3 Å². The summed E-state index contributed by atoms with van der Waals surface area (Å²) in [5, 5.41) is 4.16. The standard InChI is InChI=1S/C28H30FN3O5S/c1-19(20-5-7-21(8-6-20)28(2,3)4)30-31-27(33)18-32(23-11-9-22(29)10-12-23)38(34,35)24-13-14-25-26(17-24)37-16-15-36-25/h5-14,17H,15-16,18H2,1-4H3,(H,31,33)/b30-19+. The van der Waals surface area contributed by atoms with E-state index in [4.69, 9.17) is 9.47 Å². The van der Waals surface area contributed by atoms with Gasteiger partial charge in [0.05, 0.1) is 16.3 Å². The highest BCUT2D eigenvalue weighted by Gasteiger charge is 2.29. The lowest BCUT2D eigenvalue weighted by atomic mass is 9.86. The van der Waals surface area contributed by atoms with E-state index >= 15 is 0 Å². The second-order valence-electron chi connectivity index (χ2n) is 9.85. The van der Waals surface area contributed by atoms with Crippen LogP contribution in [0.2, 0.25) is 0 Å². The van der Waals surface area contributed by atoms with Gasteiger partial charge in [0.2, 0.25) is 0 Å². The van der Waals surface area contributed by atoms with Crippen molar-refractivity contribution in [2.45, 2.75) is 38.0 Å². The van der Waals surface area contributed by atoms with Gasteiger partial charge in [0, 0.05) is 6.07 Å². The molecule has 0 saturated heterocycles. The van der Waals surface area contributed by atoms with E-state index in [0.717, 1.165) is 27.6 Å². The molecule has 38 heavy (non-hydrogen) atoms. The Balaban J connectivity index is 1.57. The third-order valence-corrected chi connectivity index (χ3v) is 7.79. The first-order valence-electron chi connectivity index (χ1n) is 12.1. The summed E-state index contributed by atoms with van der Waals surface area (Å²) in [6.45, 7) is 8.18. The Morgan fingerprint density at radius 1 is 0.974 bits per heavy atom. The van der Waals surface area contributed by atoms with Crippen molar-refractivity contribution < 1.29 is 27.1 Å². The van der Waals surface area contributed by atoms with Crippen LogP contribution in [0.25, 0.3) is 0 Å². The average Bonchev–Trinajstić information content (AvgIpc) is 2.90. The van der Waals surface area contributed by atoms with Gasteiger partial charge in [-0.3, -0.25) is 9.10 Å². The molecule has 8 nitrogen and oxygen atoms in total. The van der Waals surface area contributed by atoms with E-state index in [1.807, 2.05) is 24.3 Å². The molecule has 0 atom stereocenters. The first kappa shape index (κ1) is 27.1. The van der Waals surface area contributed by atoms with Crippen molar-refractivity contribution in [1.82, 2.24) is 5.43 Å². The Hall–Kier alpha value is -3.92. The number of carbonyl (C=O) groups is 1. The van der Waals surface area contributed by atoms with E-state index < -0.39 is 28.3 Å². The van der Waals surface area contributed by atoms with Gasteiger partial charge < -0.3 is 9.47 Å². The maximum absolute atomic E-state index is 13.6. The summed E-state index contributed by atoms with van der Waals surface area (Å²) < 4.78 is 52.7. The highest BCUT2D eigenvalue weighted by atomic mass is 32.2. The van der Waals surface area contributed by atoms with Crippen LogP contribution in [0.4, 0.5) is 10.1 Å². The van der Waals surface area contributed by atoms with E-state index in [1.165, 1.54) is 30.3 Å². The molecule has 0 unspecified atom stereocenters. The zero-order valence-electron chi connectivity index (χ0n) is 21.7. The molecule has 200 valence electrons. The molecular formula is C28H30FN3O5S. The largest absolute Gasteiger partial charge is 0.486 e. The van der Waals surface area contributed by atoms with E-state index in [-0.39, 0.29) is 22.6 Å². The number of hydrogen-bond donors (Lipinski definition) is 1. The lowest BCUT2D eigenvalue weighted by Crippen LogP contribution is -2.39. The molecule has 0 spiro atoms. The fraction of sp³-hybridized carbons (Fsp3) is 0.286. The number of amides is 1. The zero-order valence-corrected chi connectivity index (χ0v) is 22.5. The van der Waals surface area contributed by atoms with Crippen LogP contribution in [0.5, 0.6) is 11.5 Å². The third kappa shape index (κ3) is 6.13. The summed E-state index contributed by atoms with van der Waals surface area (Å²) in [7, 11) is -4.24. The summed E-state index contributed by atoms with van der Waals surface area (Å²) in [6.07, 6.45) is 0. The Morgan fingerprint density at radius 2 is 1.61 bits per heavy atom. The van der Waals surface area contributed by atoms with Gasteiger partial charge in [0.25, 0.3) is 15.9 Å². The second-order valence-corrected chi connectivity index (χ2v) is 11.7. The Labute approximate surface area is 222 Å². The van der Waals surface area contributed by atoms with Crippen LogP contribution in [0.15, 0.2) is 76.7 Å². The molecule has 0 fully saturated rings. The fourth-order valence-corrected chi connectivity index (χ4v) is 5.26. The number of carbonyl (C=O) groups excluding carboxylic acids is 1. The number of nitrogens with zero attached hydrogens (tertiary/aromatic N) is 2. The van der Waals surface area contributed by atoms with E-state index in [9.17, 15) is 17.6 Å². The van der Waals surface area contributed by atoms with Crippen LogP contribution in [0.1, 0.15) is 38.8 Å². The molecule has 1 N–H and O–H groups in total. The summed E-state index contributed by atoms with van der Waals surface area (Å²) in [6, 6.07) is 16.9. The number of rotatable bonds is 7. The molecule has 1 aliphatic rings. The van der Waals surface area contributed by atoms with Crippen molar-refractivity contribution in [2.24, 2.45) is 5.10 Å². The van der Waals surface area contributed by atoms with Gasteiger partial charge in [-0.1, -0.05) is 45.0 Å². The molecule has 0 radical (unpaired) electrons. The minimum absolute atomic E-state index is 0.00427. The molecule has 0 aromatic heterocycles. The van der Waals surface area contributed by atoms with Gasteiger partial charge in [0.15, 0.2) is 11.5 Å². The normalized spacial score (nSPS) is 13.7. The Bertz CT molecular complexity index is 1450. The Kier molecular flexibility index (Phi) is 7.73. The molecule has 3 aromatic carbocycles. The quantitative estimate of drug-likeness (QED) is 0.349. The van der Waals surface area contributed by atoms with Crippen molar-refractivity contribution in [3.63, 3.8) is 0 Å². The van der Waals surface area contributed by atoms with Gasteiger partial charge in [0.1, 0.15) is 25.6 Å². The number of nitrogens with one attached hydrogen (secondary N) is 1. The van der Waals surface area contributed by atoms with Crippen LogP contribution in [-0.4, -0.2) is 39.8 Å². The van der Waals surface area contributed by atoms with Gasteiger partial charge in [-0.2, -0.15) is 5.10 Å². The maximum atomic E-state index is 13.6. The topological polar surface area (TPSA) is 97.3 Å². The molecule has 0 saturated carbocycles. The van der Waals surface area contributed by atoms with Crippen molar-refractivity contribution in [1.29, 1.82) is 0 Å². The summed E-state index contributed by atoms with van der Waals surface area (Å²) in [5.74, 6) is -0.478. The van der Waals surface area contributed by atoms with Crippen LogP contribution in [0.3, 0.4) is 0 Å². The van der Waals surface area contributed by atoms with Crippen molar-refractivity contribution in [2.75, 3.05) is 24.1 Å². The number of ether oxygens (including phenoxy) is 2. The van der Waals surface area contributed by atoms with Gasteiger partial charge in [-0.25, -0.2) is 18.2 Å². The minimum Gasteiger partial charge on any atom is -0.486 e. The predicted molar refractivity (Wildman–Crippen MR) is 144 cm³/mol. The minimum atomic E-state index is -4.24. The lowest BCUT2D eigenvalue weighted by Gasteiger charge is -2.25. The number of sulfonamides is 1. The van der Waals surface area contributed by atoms with Crippen molar-refractivity contribution in [3.05, 3.63) is 83.7 Å². The summed E-state index contributed by atoms with van der Waals surface area (Å²) in [4.78, 5) is 12.8. The highest BCUT2D eigenvalue weighted by molar-refractivity contribution is 7.92. The number of halogens is 1. The Morgan fingerprint density at radius 3 is 2.24 bits per heavy atom. The molecule has 4 rings (SSSR count). The fourth-order valence-electron chi connectivity index (χ4n) is 3.82. The van der Waals surface area contributed by atoms with Crippen LogP contribution in [0, 0.1) is 5.82 Å². The van der Waals surface area contributed by atoms with Crippen molar-refractivity contribution in [3.8, 4) is 11.5 Å². The van der Waals surface area contributed by atoms with E-state index in [1.54, 1.807) is 6.92 Å². The number of hydrazone groups is 1. The smallest absolute Gasteiger partial charge is 0.264 e. The molecule has 1 amide bonds. The molecular weight excluding hydrogens is 509 g/mol. The van der Waals surface area contributed by atoms with E-state index in [0.29, 0.717) is 23.8 Å². The van der Waals surface area contributed by atoms with Gasteiger partial charge >= 0.3 is 0 Å².